The Morgan fingerprint density at radius 3 is 2.00 bits per heavy atom. The number of pyridine rings is 1. The largest absolute Gasteiger partial charge is 0.261 e. The highest BCUT2D eigenvalue weighted by Gasteiger charge is 2.13. The summed E-state index contributed by atoms with van der Waals surface area (Å²) in [5.41, 5.74) is 0. The van der Waals surface area contributed by atoms with Crippen molar-refractivity contribution < 1.29 is 17.2 Å². The second kappa shape index (κ2) is 2.95. The summed E-state index contributed by atoms with van der Waals surface area (Å²) < 4.78 is 45.7. The standard InChI is InChI=1S/C5H2ClF2NO2S/c6-12(10,11)3-1-4(7)9-5(8)2-3/h1-2H. The molecular weight excluding hydrogens is 212 g/mol. The summed E-state index contributed by atoms with van der Waals surface area (Å²) in [6, 6.07) is 1.07. The molecular formula is C5H2ClF2NO2S. The fraction of sp³-hybridized carbons (Fsp3) is 0. The SMILES string of the molecule is O=S(=O)(Cl)c1cc(F)nc(F)c1. The zero-order valence-corrected chi connectivity index (χ0v) is 7.03. The van der Waals surface area contributed by atoms with E-state index in [1.807, 2.05) is 0 Å². The lowest BCUT2D eigenvalue weighted by Gasteiger charge is -1.94. The minimum atomic E-state index is -4.10. The van der Waals surface area contributed by atoms with E-state index in [0.29, 0.717) is 12.1 Å². The van der Waals surface area contributed by atoms with Gasteiger partial charge in [-0.3, -0.25) is 0 Å². The van der Waals surface area contributed by atoms with Crippen LogP contribution in [0.2, 0.25) is 0 Å². The molecule has 12 heavy (non-hydrogen) atoms. The molecule has 0 saturated heterocycles. The lowest BCUT2D eigenvalue weighted by atomic mass is 10.5. The number of nitrogens with zero attached hydrogens (tertiary/aromatic N) is 1. The van der Waals surface area contributed by atoms with E-state index < -0.39 is 25.8 Å². The fourth-order valence-electron chi connectivity index (χ4n) is 0.584. The van der Waals surface area contributed by atoms with E-state index in [0.717, 1.165) is 0 Å². The number of aromatic nitrogens is 1. The quantitative estimate of drug-likeness (QED) is 0.522. The molecule has 0 aliphatic heterocycles. The number of hydrogen-bond acceptors (Lipinski definition) is 3. The van der Waals surface area contributed by atoms with Gasteiger partial charge < -0.3 is 0 Å². The van der Waals surface area contributed by atoms with E-state index in [1.54, 1.807) is 0 Å². The molecule has 1 rings (SSSR count). The molecule has 0 aliphatic rings. The Morgan fingerprint density at radius 2 is 1.67 bits per heavy atom. The van der Waals surface area contributed by atoms with Crippen LogP contribution in [-0.4, -0.2) is 13.4 Å². The monoisotopic (exact) mass is 213 g/mol. The molecule has 0 fully saturated rings. The molecule has 0 N–H and O–H groups in total. The molecule has 0 bridgehead atoms. The Bertz CT molecular complexity index is 386. The Hall–Kier alpha value is -0.750. The van der Waals surface area contributed by atoms with Crippen molar-refractivity contribution in [3.63, 3.8) is 0 Å². The van der Waals surface area contributed by atoms with Gasteiger partial charge in [-0.15, -0.1) is 0 Å². The normalized spacial score (nSPS) is 11.6. The Balaban J connectivity index is 3.37. The van der Waals surface area contributed by atoms with Crippen LogP contribution in [0.25, 0.3) is 0 Å². The first-order valence-electron chi connectivity index (χ1n) is 2.67. The van der Waals surface area contributed by atoms with Gasteiger partial charge in [-0.05, 0) is 0 Å². The van der Waals surface area contributed by atoms with Gasteiger partial charge in [-0.1, -0.05) is 0 Å². The fourth-order valence-corrected chi connectivity index (χ4v) is 1.33. The maximum absolute atomic E-state index is 12.3. The van der Waals surface area contributed by atoms with Crippen LogP contribution < -0.4 is 0 Å². The van der Waals surface area contributed by atoms with Crippen molar-refractivity contribution >= 4 is 19.7 Å². The molecule has 0 amide bonds. The van der Waals surface area contributed by atoms with Crippen molar-refractivity contribution in [2.24, 2.45) is 0 Å². The summed E-state index contributed by atoms with van der Waals surface area (Å²) >= 11 is 0. The van der Waals surface area contributed by atoms with E-state index in [4.69, 9.17) is 10.7 Å². The zero-order valence-electron chi connectivity index (χ0n) is 5.46. The molecule has 66 valence electrons. The summed E-state index contributed by atoms with van der Waals surface area (Å²) in [6.07, 6.45) is 0. The summed E-state index contributed by atoms with van der Waals surface area (Å²) in [5.74, 6) is -2.46. The predicted molar refractivity (Wildman–Crippen MR) is 37.2 cm³/mol. The second-order valence-electron chi connectivity index (χ2n) is 1.89. The molecule has 0 radical (unpaired) electrons. The van der Waals surface area contributed by atoms with Gasteiger partial charge in [0.2, 0.25) is 11.9 Å². The molecule has 1 aromatic rings. The Labute approximate surface area is 71.4 Å². The van der Waals surface area contributed by atoms with Gasteiger partial charge in [0.25, 0.3) is 9.05 Å². The minimum absolute atomic E-state index is 0.533. The molecule has 7 heteroatoms. The van der Waals surface area contributed by atoms with Gasteiger partial charge in [0.15, 0.2) is 0 Å². The van der Waals surface area contributed by atoms with Crippen molar-refractivity contribution in [1.29, 1.82) is 0 Å². The van der Waals surface area contributed by atoms with E-state index in [2.05, 4.69) is 4.98 Å². The summed E-state index contributed by atoms with van der Waals surface area (Å²) in [5, 5.41) is 0. The van der Waals surface area contributed by atoms with Gasteiger partial charge in [-0.25, -0.2) is 8.42 Å². The molecule has 0 aromatic carbocycles. The summed E-state index contributed by atoms with van der Waals surface area (Å²) in [7, 11) is 0.718. The third kappa shape index (κ3) is 2.12. The van der Waals surface area contributed by atoms with Crippen LogP contribution in [-0.2, 0) is 9.05 Å². The first kappa shape index (κ1) is 9.34. The van der Waals surface area contributed by atoms with Gasteiger partial charge in [0.1, 0.15) is 0 Å². The maximum Gasteiger partial charge on any atom is 0.261 e. The van der Waals surface area contributed by atoms with E-state index >= 15 is 0 Å². The van der Waals surface area contributed by atoms with Gasteiger partial charge >= 0.3 is 0 Å². The predicted octanol–water partition coefficient (Wildman–Crippen LogP) is 1.29. The van der Waals surface area contributed by atoms with Crippen LogP contribution in [0.15, 0.2) is 17.0 Å². The summed E-state index contributed by atoms with van der Waals surface area (Å²) in [6.45, 7) is 0. The van der Waals surface area contributed by atoms with Gasteiger partial charge in [0.05, 0.1) is 4.90 Å². The van der Waals surface area contributed by atoms with E-state index in [1.165, 1.54) is 0 Å². The van der Waals surface area contributed by atoms with Crippen LogP contribution in [0, 0.1) is 11.9 Å². The molecule has 0 saturated carbocycles. The van der Waals surface area contributed by atoms with Crippen LogP contribution >= 0.6 is 10.7 Å². The molecule has 0 aliphatic carbocycles. The second-order valence-corrected chi connectivity index (χ2v) is 4.45. The highest BCUT2D eigenvalue weighted by molar-refractivity contribution is 8.13. The molecule has 0 spiro atoms. The van der Waals surface area contributed by atoms with Crippen molar-refractivity contribution in [3.8, 4) is 0 Å². The topological polar surface area (TPSA) is 47.0 Å². The summed E-state index contributed by atoms with van der Waals surface area (Å²) in [4.78, 5) is 2.05. The van der Waals surface area contributed by atoms with E-state index in [-0.39, 0.29) is 0 Å². The number of hydrogen-bond donors (Lipinski definition) is 0. The van der Waals surface area contributed by atoms with Crippen molar-refractivity contribution in [2.45, 2.75) is 4.90 Å². The van der Waals surface area contributed by atoms with Crippen molar-refractivity contribution in [3.05, 3.63) is 24.0 Å². The molecule has 1 aromatic heterocycles. The molecule has 0 unspecified atom stereocenters. The maximum atomic E-state index is 12.3. The van der Waals surface area contributed by atoms with Gasteiger partial charge in [0, 0.05) is 22.8 Å². The van der Waals surface area contributed by atoms with Crippen LogP contribution in [0.1, 0.15) is 0 Å². The average molecular weight is 214 g/mol. The average Bonchev–Trinajstić information content (AvgIpc) is 1.82. The third-order valence-corrected chi connectivity index (χ3v) is 2.35. The van der Waals surface area contributed by atoms with Crippen molar-refractivity contribution in [2.75, 3.05) is 0 Å². The first-order valence-corrected chi connectivity index (χ1v) is 4.98. The lowest BCUT2D eigenvalue weighted by Crippen LogP contribution is -1.96. The Morgan fingerprint density at radius 1 is 1.25 bits per heavy atom. The van der Waals surface area contributed by atoms with Crippen molar-refractivity contribution in [1.82, 2.24) is 4.98 Å². The molecule has 3 nitrogen and oxygen atoms in total. The third-order valence-electron chi connectivity index (χ3n) is 1.02. The first-order chi connectivity index (χ1) is 5.39. The Kier molecular flexibility index (Phi) is 2.29. The van der Waals surface area contributed by atoms with Crippen LogP contribution in [0.5, 0.6) is 0 Å². The number of rotatable bonds is 1. The zero-order chi connectivity index (χ0) is 9.35. The van der Waals surface area contributed by atoms with E-state index in [9.17, 15) is 17.2 Å². The lowest BCUT2D eigenvalue weighted by molar-refractivity contribution is 0.504. The minimum Gasteiger partial charge on any atom is -0.207 e. The highest BCUT2D eigenvalue weighted by Crippen LogP contribution is 2.15. The molecule has 1 heterocycles. The number of halogens is 3. The van der Waals surface area contributed by atoms with Crippen LogP contribution in [0.4, 0.5) is 8.78 Å². The highest BCUT2D eigenvalue weighted by atomic mass is 35.7. The van der Waals surface area contributed by atoms with Crippen LogP contribution in [0.3, 0.4) is 0 Å². The smallest absolute Gasteiger partial charge is 0.207 e. The van der Waals surface area contributed by atoms with Gasteiger partial charge in [-0.2, -0.15) is 13.8 Å². The molecule has 0 atom stereocenters.